The first-order valence-corrected chi connectivity index (χ1v) is 10.8. The Hall–Kier alpha value is -1.89. The number of ether oxygens (including phenoxy) is 1. The maximum absolute atomic E-state index is 12.9. The van der Waals surface area contributed by atoms with E-state index in [4.69, 9.17) is 4.74 Å². The van der Waals surface area contributed by atoms with E-state index in [0.29, 0.717) is 24.6 Å². The minimum atomic E-state index is -3.42. The number of sulfonamides is 1. The number of para-hydroxylation sites is 1. The third-order valence-corrected chi connectivity index (χ3v) is 7.10. The lowest BCUT2D eigenvalue weighted by atomic mass is 10.1. The molecule has 3 rings (SSSR count). The highest BCUT2D eigenvalue weighted by Crippen LogP contribution is 2.21. The van der Waals surface area contributed by atoms with Crippen LogP contribution in [0, 0.1) is 20.8 Å². The van der Waals surface area contributed by atoms with E-state index < -0.39 is 10.0 Å². The second-order valence-electron chi connectivity index (χ2n) is 7.11. The Bertz CT molecular complexity index is 888. The van der Waals surface area contributed by atoms with Crippen LogP contribution >= 0.6 is 0 Å². The Morgan fingerprint density at radius 2 is 1.59 bits per heavy atom. The summed E-state index contributed by atoms with van der Waals surface area (Å²) in [5, 5.41) is 0. The zero-order valence-electron chi connectivity index (χ0n) is 16.3. The van der Waals surface area contributed by atoms with Gasteiger partial charge in [0.05, 0.1) is 4.90 Å². The number of piperazine rings is 1. The molecule has 6 heteroatoms. The summed E-state index contributed by atoms with van der Waals surface area (Å²) in [7, 11) is -3.42. The van der Waals surface area contributed by atoms with Gasteiger partial charge in [0, 0.05) is 32.7 Å². The molecule has 1 heterocycles. The van der Waals surface area contributed by atoms with Gasteiger partial charge in [-0.1, -0.05) is 24.3 Å². The summed E-state index contributed by atoms with van der Waals surface area (Å²) in [6.07, 6.45) is 0. The quantitative estimate of drug-likeness (QED) is 0.763. The topological polar surface area (TPSA) is 49.9 Å². The van der Waals surface area contributed by atoms with Gasteiger partial charge < -0.3 is 4.74 Å². The summed E-state index contributed by atoms with van der Waals surface area (Å²) < 4.78 is 33.2. The molecule has 2 aromatic carbocycles. The molecule has 2 aromatic rings. The van der Waals surface area contributed by atoms with Gasteiger partial charge in [-0.3, -0.25) is 4.90 Å². The van der Waals surface area contributed by atoms with E-state index in [0.717, 1.165) is 42.1 Å². The third-order valence-electron chi connectivity index (χ3n) is 5.21. The largest absolute Gasteiger partial charge is 0.492 e. The summed E-state index contributed by atoms with van der Waals surface area (Å²) in [4.78, 5) is 2.65. The molecule has 0 amide bonds. The van der Waals surface area contributed by atoms with Gasteiger partial charge in [-0.25, -0.2) is 8.42 Å². The van der Waals surface area contributed by atoms with Crippen LogP contribution in [0.25, 0.3) is 0 Å². The fraction of sp³-hybridized carbons (Fsp3) is 0.429. The standard InChI is InChI=1S/C21H28N2O3S/c1-17-8-9-20(16-19(17)3)27(24,25)23-12-10-22(11-13-23)14-15-26-21-7-5-4-6-18(21)2/h4-9,16H,10-15H2,1-3H3. The van der Waals surface area contributed by atoms with Gasteiger partial charge in [0.1, 0.15) is 12.4 Å². The molecule has 0 atom stereocenters. The molecule has 0 spiro atoms. The first-order chi connectivity index (χ1) is 12.9. The lowest BCUT2D eigenvalue weighted by Crippen LogP contribution is -2.49. The average molecular weight is 389 g/mol. The maximum atomic E-state index is 12.9. The van der Waals surface area contributed by atoms with Crippen LogP contribution in [0.1, 0.15) is 16.7 Å². The molecule has 0 N–H and O–H groups in total. The molecule has 0 radical (unpaired) electrons. The SMILES string of the molecule is Cc1ccc(S(=O)(=O)N2CCN(CCOc3ccccc3C)CC2)cc1C. The van der Waals surface area contributed by atoms with Crippen LogP contribution in [0.2, 0.25) is 0 Å². The minimum Gasteiger partial charge on any atom is -0.492 e. The van der Waals surface area contributed by atoms with Gasteiger partial charge in [0.2, 0.25) is 10.0 Å². The number of aryl methyl sites for hydroxylation is 3. The molecular formula is C21H28N2O3S. The molecule has 146 valence electrons. The Labute approximate surface area is 162 Å². The van der Waals surface area contributed by atoms with Crippen molar-refractivity contribution >= 4 is 10.0 Å². The first kappa shape index (κ1) is 19.9. The number of hydrogen-bond donors (Lipinski definition) is 0. The highest BCUT2D eigenvalue weighted by Gasteiger charge is 2.28. The number of benzene rings is 2. The predicted molar refractivity (Wildman–Crippen MR) is 108 cm³/mol. The summed E-state index contributed by atoms with van der Waals surface area (Å²) in [5.41, 5.74) is 3.23. The van der Waals surface area contributed by atoms with Crippen molar-refractivity contribution in [1.29, 1.82) is 0 Å². The normalized spacial score (nSPS) is 16.4. The second-order valence-corrected chi connectivity index (χ2v) is 9.04. The van der Waals surface area contributed by atoms with Crippen molar-refractivity contribution in [3.63, 3.8) is 0 Å². The number of rotatable bonds is 6. The lowest BCUT2D eigenvalue weighted by molar-refractivity contribution is 0.158. The summed E-state index contributed by atoms with van der Waals surface area (Å²) >= 11 is 0. The van der Waals surface area contributed by atoms with Crippen molar-refractivity contribution < 1.29 is 13.2 Å². The molecule has 1 fully saturated rings. The molecule has 0 aromatic heterocycles. The van der Waals surface area contributed by atoms with E-state index in [1.807, 2.05) is 51.1 Å². The Balaban J connectivity index is 1.52. The third kappa shape index (κ3) is 4.69. The Morgan fingerprint density at radius 1 is 0.889 bits per heavy atom. The number of hydrogen-bond acceptors (Lipinski definition) is 4. The molecule has 0 bridgehead atoms. The van der Waals surface area contributed by atoms with Gasteiger partial charge in [-0.2, -0.15) is 4.31 Å². The van der Waals surface area contributed by atoms with Crippen LogP contribution in [0.15, 0.2) is 47.4 Å². The smallest absolute Gasteiger partial charge is 0.243 e. The summed E-state index contributed by atoms with van der Waals surface area (Å²) in [6.45, 7) is 9.85. The zero-order chi connectivity index (χ0) is 19.4. The van der Waals surface area contributed by atoms with Crippen molar-refractivity contribution in [2.75, 3.05) is 39.3 Å². The lowest BCUT2D eigenvalue weighted by Gasteiger charge is -2.34. The molecule has 1 aliphatic heterocycles. The monoisotopic (exact) mass is 388 g/mol. The van der Waals surface area contributed by atoms with Gasteiger partial charge in [-0.05, 0) is 55.7 Å². The molecule has 0 unspecified atom stereocenters. The maximum Gasteiger partial charge on any atom is 0.243 e. The van der Waals surface area contributed by atoms with Gasteiger partial charge in [0.25, 0.3) is 0 Å². The highest BCUT2D eigenvalue weighted by atomic mass is 32.2. The molecule has 0 saturated carbocycles. The summed E-state index contributed by atoms with van der Waals surface area (Å²) in [5.74, 6) is 0.911. The Morgan fingerprint density at radius 3 is 2.26 bits per heavy atom. The van der Waals surface area contributed by atoms with E-state index >= 15 is 0 Å². The first-order valence-electron chi connectivity index (χ1n) is 9.36. The molecule has 0 aliphatic carbocycles. The van der Waals surface area contributed by atoms with Gasteiger partial charge in [-0.15, -0.1) is 0 Å². The van der Waals surface area contributed by atoms with Crippen molar-refractivity contribution in [2.24, 2.45) is 0 Å². The van der Waals surface area contributed by atoms with Crippen molar-refractivity contribution in [3.8, 4) is 5.75 Å². The molecule has 1 aliphatic rings. The molecule has 5 nitrogen and oxygen atoms in total. The van der Waals surface area contributed by atoms with E-state index in [1.165, 1.54) is 0 Å². The van der Waals surface area contributed by atoms with Crippen LogP contribution < -0.4 is 4.74 Å². The van der Waals surface area contributed by atoms with E-state index in [-0.39, 0.29) is 0 Å². The second kappa shape index (κ2) is 8.42. The van der Waals surface area contributed by atoms with Crippen LogP contribution in [0.5, 0.6) is 5.75 Å². The zero-order valence-corrected chi connectivity index (χ0v) is 17.1. The van der Waals surface area contributed by atoms with Crippen molar-refractivity contribution in [3.05, 3.63) is 59.2 Å². The van der Waals surface area contributed by atoms with Crippen molar-refractivity contribution in [1.82, 2.24) is 9.21 Å². The van der Waals surface area contributed by atoms with E-state index in [1.54, 1.807) is 16.4 Å². The van der Waals surface area contributed by atoms with Crippen molar-refractivity contribution in [2.45, 2.75) is 25.7 Å². The van der Waals surface area contributed by atoms with Crippen LogP contribution in [-0.4, -0.2) is 57.0 Å². The molecular weight excluding hydrogens is 360 g/mol. The van der Waals surface area contributed by atoms with E-state index in [2.05, 4.69) is 4.90 Å². The van der Waals surface area contributed by atoms with Gasteiger partial charge >= 0.3 is 0 Å². The minimum absolute atomic E-state index is 0.391. The van der Waals surface area contributed by atoms with Crippen LogP contribution in [-0.2, 0) is 10.0 Å². The fourth-order valence-corrected chi connectivity index (χ4v) is 4.73. The van der Waals surface area contributed by atoms with E-state index in [9.17, 15) is 8.42 Å². The van der Waals surface area contributed by atoms with Crippen LogP contribution in [0.4, 0.5) is 0 Å². The van der Waals surface area contributed by atoms with Gasteiger partial charge in [0.15, 0.2) is 0 Å². The molecule has 27 heavy (non-hydrogen) atoms. The highest BCUT2D eigenvalue weighted by molar-refractivity contribution is 7.89. The Kier molecular flexibility index (Phi) is 6.19. The average Bonchev–Trinajstić information content (AvgIpc) is 2.66. The van der Waals surface area contributed by atoms with Crippen LogP contribution in [0.3, 0.4) is 0 Å². The predicted octanol–water partition coefficient (Wildman–Crippen LogP) is 3.00. The molecule has 1 saturated heterocycles. The summed E-state index contributed by atoms with van der Waals surface area (Å²) in [6, 6.07) is 13.3. The fourth-order valence-electron chi connectivity index (χ4n) is 3.22. The number of nitrogens with zero attached hydrogens (tertiary/aromatic N) is 2.